The number of carboxylic acids is 1. The van der Waals surface area contributed by atoms with E-state index in [0.717, 1.165) is 5.56 Å². The molecule has 8 amide bonds. The molecule has 0 saturated heterocycles. The van der Waals surface area contributed by atoms with Crippen molar-refractivity contribution >= 4 is 53.2 Å². The van der Waals surface area contributed by atoms with Gasteiger partial charge < -0.3 is 63.5 Å². The summed E-state index contributed by atoms with van der Waals surface area (Å²) in [6, 6.07) is -0.550. The fourth-order valence-electron chi connectivity index (χ4n) is 7.63. The second kappa shape index (κ2) is 31.1. The van der Waals surface area contributed by atoms with Crippen LogP contribution in [-0.4, -0.2) is 135 Å². The summed E-state index contributed by atoms with van der Waals surface area (Å²) in [4.78, 5) is 127. The van der Waals surface area contributed by atoms with Gasteiger partial charge in [0.05, 0.1) is 25.5 Å². The second-order valence-corrected chi connectivity index (χ2v) is 20.1. The number of carbonyl (C=O) groups is 9. The Hall–Kier alpha value is -6.42. The Bertz CT molecular complexity index is 2070. The topological polar surface area (TPSA) is 345 Å². The number of aliphatic carboxylic acids is 1. The maximum Gasteiger partial charge on any atom is 0.326 e. The first-order valence-electron chi connectivity index (χ1n) is 24.8. The number of aliphatic hydroxyl groups excluding tert-OH is 1. The van der Waals surface area contributed by atoms with E-state index >= 15 is 0 Å². The van der Waals surface area contributed by atoms with Crippen molar-refractivity contribution in [2.75, 3.05) is 13.2 Å². The highest BCUT2D eigenvalue weighted by Gasteiger charge is 2.35. The Morgan fingerprint density at radius 2 is 1.01 bits per heavy atom. The summed E-state index contributed by atoms with van der Waals surface area (Å²) < 4.78 is 0. The lowest BCUT2D eigenvalue weighted by Gasteiger charge is -2.28. The van der Waals surface area contributed by atoms with Gasteiger partial charge in [0.25, 0.3) is 0 Å². The van der Waals surface area contributed by atoms with Crippen molar-refractivity contribution in [2.24, 2.45) is 35.3 Å². The Morgan fingerprint density at radius 3 is 1.49 bits per heavy atom. The summed E-state index contributed by atoms with van der Waals surface area (Å²) in [5.41, 5.74) is 7.52. The Morgan fingerprint density at radius 1 is 0.569 bits per heavy atom. The number of imidazole rings is 1. The Labute approximate surface area is 423 Å². The van der Waals surface area contributed by atoms with Crippen LogP contribution in [0, 0.1) is 29.6 Å². The van der Waals surface area contributed by atoms with Crippen molar-refractivity contribution < 1.29 is 53.4 Å². The van der Waals surface area contributed by atoms with Gasteiger partial charge in [-0.2, -0.15) is 0 Å². The van der Waals surface area contributed by atoms with Crippen LogP contribution in [0.4, 0.5) is 0 Å². The van der Waals surface area contributed by atoms with Crippen molar-refractivity contribution in [3.05, 3.63) is 54.1 Å². The van der Waals surface area contributed by atoms with Gasteiger partial charge >= 0.3 is 5.97 Å². The molecule has 1 aromatic carbocycles. The van der Waals surface area contributed by atoms with E-state index in [1.807, 2.05) is 58.0 Å². The number of aliphatic hydroxyl groups is 1. The lowest BCUT2D eigenvalue weighted by Crippen LogP contribution is -2.60. The molecule has 0 aliphatic carbocycles. The molecule has 0 unspecified atom stereocenters. The number of nitrogens with one attached hydrogen (secondary N) is 9. The number of hydrogen-bond donors (Lipinski definition) is 12. The predicted molar refractivity (Wildman–Crippen MR) is 269 cm³/mol. The molecule has 0 aliphatic rings. The molecule has 1 aromatic heterocycles. The minimum atomic E-state index is -1.57. The molecule has 0 saturated carbocycles. The SMILES string of the molecule is CC[C@H](C)[C@H](NC(=O)CNC(=O)[C@H](CC(C)C)NC(=O)[C@H](CO)NC(=O)[C@H](CC(C)C)NC(=O)[C@H](CC(C)C)NC(=O)[C@@H](N)Cc1ccccc1)C(=O)N[C@@H](Cc1cnc[nH]1)C(=O)N[C@@H](CC(C)C)C(=O)O. The zero-order valence-electron chi connectivity index (χ0n) is 43.5. The number of amides is 8. The molecule has 13 N–H and O–H groups in total. The highest BCUT2D eigenvalue weighted by atomic mass is 16.4. The fourth-order valence-corrected chi connectivity index (χ4v) is 7.63. The zero-order chi connectivity index (χ0) is 54.2. The summed E-state index contributed by atoms with van der Waals surface area (Å²) in [6.07, 6.45) is 3.97. The van der Waals surface area contributed by atoms with Crippen LogP contribution in [0.5, 0.6) is 0 Å². The van der Waals surface area contributed by atoms with Crippen LogP contribution in [0.2, 0.25) is 0 Å². The first-order chi connectivity index (χ1) is 33.8. The van der Waals surface area contributed by atoms with Crippen LogP contribution in [0.3, 0.4) is 0 Å². The van der Waals surface area contributed by atoms with Gasteiger partial charge in [0, 0.05) is 18.3 Å². The standard InChI is InChI=1S/C50H81N11O11/c1-11-31(10)42(49(70)58-38(22-33-23-52-26-54-33)47(68)59-39(50(71)72)20-30(8)9)61-41(63)24-53-44(65)35(17-27(2)3)56-48(69)40(25-62)60-46(67)37(19-29(6)7)57-45(66)36(18-28(4)5)55-43(64)34(51)21-32-15-13-12-14-16-32/h12-16,23,26-31,34-40,42,62H,11,17-22,24-25,51H2,1-10H3,(H,52,54)(H,53,65)(H,55,64)(H,56,69)(H,57,66)(H,58,70)(H,59,68)(H,60,67)(H,61,63)(H,71,72)/t31-,34-,35-,36-,37-,38-,39-,40-,42-/m0/s1. The summed E-state index contributed by atoms with van der Waals surface area (Å²) >= 11 is 0. The number of nitrogens with two attached hydrogens (primary N) is 1. The third kappa shape index (κ3) is 22.3. The van der Waals surface area contributed by atoms with Crippen molar-refractivity contribution in [1.29, 1.82) is 0 Å². The number of carbonyl (C=O) groups excluding carboxylic acids is 8. The summed E-state index contributed by atoms with van der Waals surface area (Å²) in [6.45, 7) is 16.5. The van der Waals surface area contributed by atoms with Crippen LogP contribution in [0.1, 0.15) is 113 Å². The molecule has 9 atom stereocenters. The molecular weight excluding hydrogens is 931 g/mol. The van der Waals surface area contributed by atoms with E-state index < -0.39 is 121 Å². The van der Waals surface area contributed by atoms with Crippen molar-refractivity contribution in [2.45, 2.75) is 163 Å². The van der Waals surface area contributed by atoms with E-state index in [2.05, 4.69) is 52.5 Å². The monoisotopic (exact) mass is 1010 g/mol. The van der Waals surface area contributed by atoms with E-state index in [4.69, 9.17) is 5.73 Å². The average molecular weight is 1010 g/mol. The first kappa shape index (κ1) is 61.7. The minimum absolute atomic E-state index is 0.0418. The molecule has 72 heavy (non-hydrogen) atoms. The normalized spacial score (nSPS) is 15.2. The summed E-state index contributed by atoms with van der Waals surface area (Å²) in [5, 5.41) is 40.8. The third-order valence-corrected chi connectivity index (χ3v) is 11.6. The number of benzene rings is 1. The van der Waals surface area contributed by atoms with Gasteiger partial charge in [-0.05, 0) is 67.3 Å². The van der Waals surface area contributed by atoms with Crippen molar-refractivity contribution in [1.82, 2.24) is 52.5 Å². The Balaban J connectivity index is 2.18. The molecule has 22 nitrogen and oxygen atoms in total. The number of aromatic nitrogens is 2. The average Bonchev–Trinajstić information content (AvgIpc) is 3.83. The number of carboxylic acid groups (broad SMARTS) is 1. The van der Waals surface area contributed by atoms with Gasteiger partial charge in [-0.15, -0.1) is 0 Å². The molecule has 0 aliphatic heterocycles. The second-order valence-electron chi connectivity index (χ2n) is 20.1. The van der Waals surface area contributed by atoms with Gasteiger partial charge in [-0.25, -0.2) is 9.78 Å². The third-order valence-electron chi connectivity index (χ3n) is 11.6. The van der Waals surface area contributed by atoms with Crippen LogP contribution >= 0.6 is 0 Å². The number of nitrogens with zero attached hydrogens (tertiary/aromatic N) is 1. The highest BCUT2D eigenvalue weighted by molar-refractivity contribution is 5.97. The van der Waals surface area contributed by atoms with Crippen LogP contribution < -0.4 is 48.3 Å². The van der Waals surface area contributed by atoms with Crippen molar-refractivity contribution in [3.8, 4) is 0 Å². The van der Waals surface area contributed by atoms with Gasteiger partial charge in [-0.3, -0.25) is 38.4 Å². The van der Waals surface area contributed by atoms with Crippen molar-refractivity contribution in [3.63, 3.8) is 0 Å². The maximum absolute atomic E-state index is 13.8. The predicted octanol–water partition coefficient (Wildman–Crippen LogP) is 0.339. The lowest BCUT2D eigenvalue weighted by atomic mass is 9.97. The number of aromatic amines is 1. The molecule has 22 heteroatoms. The Kier molecular flexibility index (Phi) is 26.7. The molecule has 2 aromatic rings. The molecule has 0 fully saturated rings. The first-order valence-corrected chi connectivity index (χ1v) is 24.8. The number of hydrogen-bond acceptors (Lipinski definition) is 12. The van der Waals surface area contributed by atoms with E-state index in [9.17, 15) is 53.4 Å². The molecule has 0 radical (unpaired) electrons. The highest BCUT2D eigenvalue weighted by Crippen LogP contribution is 2.13. The van der Waals surface area contributed by atoms with E-state index in [0.29, 0.717) is 12.1 Å². The smallest absolute Gasteiger partial charge is 0.326 e. The molecule has 0 spiro atoms. The summed E-state index contributed by atoms with van der Waals surface area (Å²) in [7, 11) is 0. The quantitative estimate of drug-likeness (QED) is 0.0471. The van der Waals surface area contributed by atoms with Crippen LogP contribution in [0.15, 0.2) is 42.9 Å². The molecule has 2 rings (SSSR count). The van der Waals surface area contributed by atoms with E-state index in [1.54, 1.807) is 41.5 Å². The van der Waals surface area contributed by atoms with Gasteiger partial charge in [0.1, 0.15) is 42.3 Å². The maximum atomic E-state index is 13.8. The molecule has 402 valence electrons. The minimum Gasteiger partial charge on any atom is -0.480 e. The zero-order valence-corrected chi connectivity index (χ0v) is 43.5. The summed E-state index contributed by atoms with van der Waals surface area (Å²) in [5.74, 6) is -8.10. The van der Waals surface area contributed by atoms with Gasteiger partial charge in [0.2, 0.25) is 47.3 Å². The van der Waals surface area contributed by atoms with E-state index in [-0.39, 0.29) is 62.2 Å². The van der Waals surface area contributed by atoms with Gasteiger partial charge in [-0.1, -0.05) is 106 Å². The number of H-pyrrole nitrogens is 1. The molecule has 1 heterocycles. The van der Waals surface area contributed by atoms with Crippen LogP contribution in [0.25, 0.3) is 0 Å². The molecule has 0 bridgehead atoms. The van der Waals surface area contributed by atoms with Gasteiger partial charge in [0.15, 0.2) is 0 Å². The lowest BCUT2D eigenvalue weighted by molar-refractivity contribution is -0.142. The fraction of sp³-hybridized carbons (Fsp3) is 0.640. The number of rotatable bonds is 32. The molecular formula is C50H81N11O11. The van der Waals surface area contributed by atoms with Crippen LogP contribution in [-0.2, 0) is 56.0 Å². The largest absolute Gasteiger partial charge is 0.480 e. The van der Waals surface area contributed by atoms with E-state index in [1.165, 1.54) is 12.5 Å².